The van der Waals surface area contributed by atoms with Gasteiger partial charge in [0.15, 0.2) is 0 Å². The summed E-state index contributed by atoms with van der Waals surface area (Å²) in [6, 6.07) is 7.33. The number of nitrogens with zero attached hydrogens (tertiary/aromatic N) is 2. The number of benzene rings is 2. The van der Waals surface area contributed by atoms with Crippen LogP contribution >= 0.6 is 11.6 Å². The third kappa shape index (κ3) is 4.14. The number of carbonyl (C=O) groups is 1. The fraction of sp³-hybridized carbons (Fsp3) is 0.400. The van der Waals surface area contributed by atoms with E-state index in [0.717, 1.165) is 27.7 Å². The van der Waals surface area contributed by atoms with Crippen LogP contribution in [0.1, 0.15) is 37.6 Å². The van der Waals surface area contributed by atoms with Gasteiger partial charge in [-0.05, 0) is 75.6 Å². The first-order valence-corrected chi connectivity index (χ1v) is 13.0. The van der Waals surface area contributed by atoms with Crippen molar-refractivity contribution in [1.29, 1.82) is 0 Å². The summed E-state index contributed by atoms with van der Waals surface area (Å²) in [6.45, 7) is 9.85. The van der Waals surface area contributed by atoms with E-state index in [1.165, 1.54) is 11.4 Å². The van der Waals surface area contributed by atoms with Crippen LogP contribution in [-0.4, -0.2) is 42.5 Å². The molecule has 1 aliphatic heterocycles. The van der Waals surface area contributed by atoms with Gasteiger partial charge in [-0.15, -0.1) is 0 Å². The van der Waals surface area contributed by atoms with E-state index in [1.54, 1.807) is 19.1 Å². The number of anilines is 1. The summed E-state index contributed by atoms with van der Waals surface area (Å²) in [5, 5.41) is 11.1. The van der Waals surface area contributed by atoms with Crippen molar-refractivity contribution in [2.45, 2.75) is 53.2 Å². The molecule has 0 atom stereocenters. The number of aliphatic carboxylic acids is 1. The molecule has 0 bridgehead atoms. The molecule has 0 saturated carbocycles. The van der Waals surface area contributed by atoms with Gasteiger partial charge in [-0.25, -0.2) is 8.42 Å². The number of carboxylic acid groups (broad SMARTS) is 1. The fourth-order valence-corrected chi connectivity index (χ4v) is 6.10. The maximum absolute atomic E-state index is 13.0. The van der Waals surface area contributed by atoms with E-state index in [4.69, 9.17) is 16.3 Å². The van der Waals surface area contributed by atoms with Gasteiger partial charge >= 0.3 is 5.97 Å². The summed E-state index contributed by atoms with van der Waals surface area (Å²) in [5.74, 6) is -0.495. The zero-order chi connectivity index (χ0) is 25.2. The number of hydrogen-bond donors (Lipinski definition) is 1. The first-order chi connectivity index (χ1) is 15.7. The minimum atomic E-state index is -3.56. The molecule has 1 N–H and O–H groups in total. The van der Waals surface area contributed by atoms with E-state index < -0.39 is 21.6 Å². The third-order valence-corrected chi connectivity index (χ3v) is 8.12. The maximum atomic E-state index is 13.0. The van der Waals surface area contributed by atoms with E-state index in [9.17, 15) is 18.3 Å². The minimum Gasteiger partial charge on any atom is -0.487 e. The van der Waals surface area contributed by atoms with Gasteiger partial charge in [-0.3, -0.25) is 9.10 Å². The highest BCUT2D eigenvalue weighted by molar-refractivity contribution is 7.92. The fourth-order valence-electron chi connectivity index (χ4n) is 4.75. The number of aryl methyl sites for hydroxylation is 2. The van der Waals surface area contributed by atoms with E-state index in [2.05, 4.69) is 0 Å². The number of carboxylic acids is 1. The number of rotatable bonds is 4. The van der Waals surface area contributed by atoms with Crippen molar-refractivity contribution in [2.75, 3.05) is 17.1 Å². The second-order valence-electron chi connectivity index (χ2n) is 9.74. The molecule has 0 amide bonds. The Hall–Kier alpha value is -2.71. The molecule has 182 valence electrons. The average molecular weight is 505 g/mol. The van der Waals surface area contributed by atoms with Crippen LogP contribution in [-0.2, 0) is 27.8 Å². The second kappa shape index (κ2) is 8.20. The van der Waals surface area contributed by atoms with Crippen LogP contribution in [0.5, 0.6) is 5.75 Å². The predicted molar refractivity (Wildman–Crippen MR) is 136 cm³/mol. The van der Waals surface area contributed by atoms with Gasteiger partial charge < -0.3 is 14.4 Å². The molecule has 0 saturated heterocycles. The van der Waals surface area contributed by atoms with Gasteiger partial charge in [0.2, 0.25) is 10.0 Å². The summed E-state index contributed by atoms with van der Waals surface area (Å²) in [7, 11) is -2.02. The molecule has 0 fully saturated rings. The van der Waals surface area contributed by atoms with Crippen molar-refractivity contribution in [1.82, 2.24) is 4.57 Å². The topological polar surface area (TPSA) is 88.8 Å². The number of halogens is 1. The Kier molecular flexibility index (Phi) is 5.89. The highest BCUT2D eigenvalue weighted by Crippen LogP contribution is 2.47. The van der Waals surface area contributed by atoms with Gasteiger partial charge in [-0.2, -0.15) is 0 Å². The summed E-state index contributed by atoms with van der Waals surface area (Å²) in [4.78, 5) is 12.0. The Morgan fingerprint density at radius 3 is 2.50 bits per heavy atom. The zero-order valence-electron chi connectivity index (χ0n) is 20.2. The summed E-state index contributed by atoms with van der Waals surface area (Å²) < 4.78 is 35.5. The molecular formula is C25H29ClN2O5S. The normalized spacial score (nSPS) is 15.4. The lowest BCUT2D eigenvalue weighted by Gasteiger charge is -2.27. The van der Waals surface area contributed by atoms with Crippen molar-refractivity contribution in [3.8, 4) is 16.9 Å². The lowest BCUT2D eigenvalue weighted by atomic mass is 9.88. The van der Waals surface area contributed by atoms with Crippen LogP contribution in [0.15, 0.2) is 24.3 Å². The molecule has 0 aliphatic carbocycles. The second-order valence-corrected chi connectivity index (χ2v) is 12.3. The quantitative estimate of drug-likeness (QED) is 0.530. The number of hydrogen-bond acceptors (Lipinski definition) is 4. The van der Waals surface area contributed by atoms with E-state index >= 15 is 0 Å². The molecule has 0 unspecified atom stereocenters. The first-order valence-electron chi connectivity index (χ1n) is 11.0. The smallest absolute Gasteiger partial charge is 0.307 e. The predicted octanol–water partition coefficient (Wildman–Crippen LogP) is 5.16. The van der Waals surface area contributed by atoms with Crippen LogP contribution in [0.4, 0.5) is 5.69 Å². The van der Waals surface area contributed by atoms with Gasteiger partial charge in [-0.1, -0.05) is 11.6 Å². The Morgan fingerprint density at radius 1 is 1.21 bits per heavy atom. The molecule has 2 heterocycles. The standard InChI is InChI=1S/C25H29ClN2O5S/c1-14-11-19-22(17-8-7-16(26)12-20(17)33-25(3,4)5)18(13-21(29)30)15(2)23-24(19)28(14)9-10-34(31,32)27(23)6/h7-8,11-12H,9-10,13H2,1-6H3,(H,29,30). The van der Waals surface area contributed by atoms with Gasteiger partial charge in [0.25, 0.3) is 0 Å². The molecule has 2 aromatic carbocycles. The van der Waals surface area contributed by atoms with Gasteiger partial charge in [0.05, 0.1) is 23.4 Å². The Morgan fingerprint density at radius 2 is 1.88 bits per heavy atom. The Bertz CT molecular complexity index is 1430. The molecule has 9 heteroatoms. The highest BCUT2D eigenvalue weighted by Gasteiger charge is 2.33. The van der Waals surface area contributed by atoms with Crippen LogP contribution in [0.3, 0.4) is 0 Å². The van der Waals surface area contributed by atoms with Crippen LogP contribution in [0.2, 0.25) is 5.02 Å². The lowest BCUT2D eigenvalue weighted by molar-refractivity contribution is -0.136. The van der Waals surface area contributed by atoms with Crippen LogP contribution in [0, 0.1) is 13.8 Å². The molecule has 7 nitrogen and oxygen atoms in total. The van der Waals surface area contributed by atoms with E-state index in [0.29, 0.717) is 34.1 Å². The van der Waals surface area contributed by atoms with Crippen molar-refractivity contribution in [3.63, 3.8) is 0 Å². The van der Waals surface area contributed by atoms with Gasteiger partial charge in [0, 0.05) is 35.3 Å². The summed E-state index contributed by atoms with van der Waals surface area (Å²) in [5.41, 5.74) is 4.31. The van der Waals surface area contributed by atoms with Gasteiger partial charge in [0.1, 0.15) is 11.4 Å². The number of ether oxygens (including phenoxy) is 1. The third-order valence-electron chi connectivity index (χ3n) is 6.17. The maximum Gasteiger partial charge on any atom is 0.307 e. The highest BCUT2D eigenvalue weighted by atomic mass is 35.5. The van der Waals surface area contributed by atoms with Crippen LogP contribution in [0.25, 0.3) is 22.0 Å². The average Bonchev–Trinajstić information content (AvgIpc) is 2.96. The SMILES string of the molecule is Cc1c(CC(=O)O)c(-c2ccc(Cl)cc2OC(C)(C)C)c2cc(C)n3c2c1N(C)S(=O)(=O)CC3. The monoisotopic (exact) mass is 504 g/mol. The molecule has 4 rings (SSSR count). The number of aromatic nitrogens is 1. The van der Waals surface area contributed by atoms with Crippen molar-refractivity contribution < 1.29 is 23.1 Å². The van der Waals surface area contributed by atoms with E-state index in [1.807, 2.05) is 44.4 Å². The molecule has 1 aliphatic rings. The molecule has 0 radical (unpaired) electrons. The molecule has 3 aromatic rings. The van der Waals surface area contributed by atoms with E-state index in [-0.39, 0.29) is 12.2 Å². The largest absolute Gasteiger partial charge is 0.487 e. The molecule has 34 heavy (non-hydrogen) atoms. The summed E-state index contributed by atoms with van der Waals surface area (Å²) in [6.07, 6.45) is -0.264. The first kappa shape index (κ1) is 24.4. The molecular weight excluding hydrogens is 476 g/mol. The van der Waals surface area contributed by atoms with Crippen molar-refractivity contribution in [3.05, 3.63) is 46.1 Å². The zero-order valence-corrected chi connectivity index (χ0v) is 21.8. The molecule has 1 aromatic heterocycles. The summed E-state index contributed by atoms with van der Waals surface area (Å²) >= 11 is 6.31. The van der Waals surface area contributed by atoms with Crippen molar-refractivity contribution in [2.24, 2.45) is 0 Å². The van der Waals surface area contributed by atoms with Crippen molar-refractivity contribution >= 4 is 44.2 Å². The lowest BCUT2D eigenvalue weighted by Crippen LogP contribution is -2.29. The Balaban J connectivity index is 2.19. The Labute approximate surface area is 204 Å². The number of sulfonamides is 1. The van der Waals surface area contributed by atoms with Crippen LogP contribution < -0.4 is 9.04 Å². The minimum absolute atomic E-state index is 0.0365. The molecule has 0 spiro atoms.